The van der Waals surface area contributed by atoms with Crippen molar-refractivity contribution in [3.8, 4) is 0 Å². The smallest absolute Gasteiger partial charge is 0.316 e. The summed E-state index contributed by atoms with van der Waals surface area (Å²) < 4.78 is 0.185. The van der Waals surface area contributed by atoms with Gasteiger partial charge >= 0.3 is 23.1 Å². The lowest BCUT2D eigenvalue weighted by Crippen LogP contribution is -2.02. The van der Waals surface area contributed by atoms with Gasteiger partial charge in [-0.25, -0.2) is 0 Å². The first kappa shape index (κ1) is 11.1. The fourth-order valence-electron chi connectivity index (χ4n) is 0.0577. The molecule has 0 bridgehead atoms. The highest BCUT2D eigenvalue weighted by molar-refractivity contribution is 6.11. The minimum Gasteiger partial charge on any atom is -0.397 e. The van der Waals surface area contributed by atoms with Crippen LogP contribution in [0, 0.1) is 0 Å². The fraction of sp³-hybridized carbons (Fsp3) is 1.00. The first-order valence-electron chi connectivity index (χ1n) is 2.03. The van der Waals surface area contributed by atoms with Crippen LogP contribution in [0.25, 0.3) is 0 Å². The Balaban J connectivity index is 0. The molecule has 0 unspecified atom stereocenters. The van der Waals surface area contributed by atoms with Crippen LogP contribution < -0.4 is 0 Å². The summed E-state index contributed by atoms with van der Waals surface area (Å²) in [7, 11) is 0. The fourth-order valence-corrected chi connectivity index (χ4v) is 0.0577. The summed E-state index contributed by atoms with van der Waals surface area (Å²) in [4.78, 5) is 0. The molecule has 0 saturated heterocycles. The predicted octanol–water partition coefficient (Wildman–Crippen LogP) is -2.52. The topological polar surface area (TPSA) is 40.5 Å². The maximum absolute atomic E-state index is 8.21. The Hall–Kier alpha value is 1.22. The number of hydrogen-bond acceptors (Lipinski definition) is 2. The van der Waals surface area contributed by atoms with Gasteiger partial charge in [0.05, 0.1) is 0 Å². The summed E-state index contributed by atoms with van der Waals surface area (Å²) in [6.07, 6.45) is 0. The molecule has 7 heavy (non-hydrogen) atoms. The van der Waals surface area contributed by atoms with Gasteiger partial charge in [0.1, 0.15) is 0 Å². The third kappa shape index (κ3) is 7.22. The Morgan fingerprint density at radius 1 is 1.29 bits per heavy atom. The quantitative estimate of drug-likeness (QED) is 0.405. The van der Waals surface area contributed by atoms with E-state index < -0.39 is 0 Å². The van der Waals surface area contributed by atoms with E-state index in [1.54, 1.807) is 0 Å². The lowest BCUT2D eigenvalue weighted by molar-refractivity contribution is 0.222. The van der Waals surface area contributed by atoms with Crippen molar-refractivity contribution in [2.75, 3.05) is 13.2 Å². The molecule has 0 heterocycles. The zero-order chi connectivity index (χ0) is 4.99. The van der Waals surface area contributed by atoms with Crippen LogP contribution in [0.2, 0.25) is 4.78 Å². The van der Waals surface area contributed by atoms with Crippen molar-refractivity contribution >= 4 is 39.3 Å². The molecule has 0 aromatic rings. The first-order valence-corrected chi connectivity index (χ1v) is 3.18. The minimum absolute atomic E-state index is 0. The number of aliphatic hydroxyl groups is 2. The summed E-state index contributed by atoms with van der Waals surface area (Å²) in [6.45, 7) is 0.283. The van der Waals surface area contributed by atoms with Crippen LogP contribution in [0.4, 0.5) is 0 Å². The minimum atomic E-state index is 0. The van der Waals surface area contributed by atoms with Gasteiger partial charge in [-0.1, -0.05) is 0 Å². The Labute approximate surface area is 67.5 Å². The highest BCUT2D eigenvalue weighted by atomic mass is 27.0. The molecule has 0 rings (SSSR count). The lowest BCUT2D eigenvalue weighted by atomic mass is 10.5. The van der Waals surface area contributed by atoms with Gasteiger partial charge in [-0.2, -0.15) is 0 Å². The third-order valence-corrected chi connectivity index (χ3v) is 1.35. The van der Waals surface area contributed by atoms with E-state index in [4.69, 9.17) is 10.2 Å². The standard InChI is InChI=1S/C3H7O2.Al.Mg.4H/c4-2-1-3-5;;;;;;/h1,4-5H,2-3H2;;;;;;. The first-order chi connectivity index (χ1) is 2.81. The van der Waals surface area contributed by atoms with Crippen molar-refractivity contribution in [1.82, 2.24) is 0 Å². The molecule has 0 spiro atoms. The predicted molar refractivity (Wildman–Crippen MR) is 35.0 cm³/mol. The summed E-state index contributed by atoms with van der Waals surface area (Å²) in [5.74, 6) is 0. The molecule has 0 aliphatic rings. The van der Waals surface area contributed by atoms with E-state index in [2.05, 4.69) is 0 Å². The average Bonchev–Trinajstić information content (AvgIpc) is 1.65. The Kier molecular flexibility index (Phi) is 11.4. The second kappa shape index (κ2) is 7.22. The molecule has 0 amide bonds. The van der Waals surface area contributed by atoms with Crippen molar-refractivity contribution in [2.45, 2.75) is 4.78 Å². The zero-order valence-corrected chi connectivity index (χ0v) is 5.89. The van der Waals surface area contributed by atoms with E-state index in [0.717, 1.165) is 16.3 Å². The van der Waals surface area contributed by atoms with Crippen molar-refractivity contribution in [1.29, 1.82) is 0 Å². The summed E-state index contributed by atoms with van der Waals surface area (Å²) in [5.41, 5.74) is 0. The van der Waals surface area contributed by atoms with Crippen LogP contribution in [-0.2, 0) is 0 Å². The van der Waals surface area contributed by atoms with Crippen molar-refractivity contribution < 1.29 is 10.2 Å². The molecule has 0 atom stereocenters. The Morgan fingerprint density at radius 2 is 1.57 bits per heavy atom. The monoisotopic (exact) mass is 130 g/mol. The molecule has 4 heteroatoms. The van der Waals surface area contributed by atoms with Gasteiger partial charge in [0.25, 0.3) is 0 Å². The van der Waals surface area contributed by atoms with Gasteiger partial charge in [0, 0.05) is 13.2 Å². The van der Waals surface area contributed by atoms with Crippen LogP contribution in [-0.4, -0.2) is 62.8 Å². The maximum Gasteiger partial charge on any atom is 0.316 e. The normalized spacial score (nSPS) is 8.43. The Morgan fingerprint density at radius 3 is 1.57 bits per heavy atom. The van der Waals surface area contributed by atoms with Gasteiger partial charge in [-0.05, 0) is 4.78 Å². The molecule has 0 aliphatic heterocycles. The summed E-state index contributed by atoms with van der Waals surface area (Å²) in [6, 6.07) is 0. The second-order valence-corrected chi connectivity index (χ2v) is 3.10. The van der Waals surface area contributed by atoms with Gasteiger partial charge < -0.3 is 10.2 Å². The van der Waals surface area contributed by atoms with Gasteiger partial charge in [0.2, 0.25) is 16.3 Å². The van der Waals surface area contributed by atoms with Crippen LogP contribution in [0.15, 0.2) is 0 Å². The second-order valence-electron chi connectivity index (χ2n) is 1.47. The number of aliphatic hydroxyl groups excluding tert-OH is 2. The van der Waals surface area contributed by atoms with Gasteiger partial charge in [-0.15, -0.1) is 0 Å². The van der Waals surface area contributed by atoms with E-state index in [0.29, 0.717) is 0 Å². The van der Waals surface area contributed by atoms with Crippen LogP contribution in [0.5, 0.6) is 0 Å². The molecular formula is C3H11AlMgO2. The highest BCUT2D eigenvalue weighted by Crippen LogP contribution is 1.89. The third-order valence-electron chi connectivity index (χ3n) is 0.623. The molecular weight excluding hydrogens is 119 g/mol. The van der Waals surface area contributed by atoms with Gasteiger partial charge in [-0.3, -0.25) is 0 Å². The molecule has 0 aliphatic carbocycles. The highest BCUT2D eigenvalue weighted by Gasteiger charge is 1.92. The number of rotatable bonds is 2. The molecule has 0 fully saturated rings. The molecule has 40 valence electrons. The summed E-state index contributed by atoms with van der Waals surface area (Å²) >= 11 is 0.890. The van der Waals surface area contributed by atoms with E-state index in [1.807, 2.05) is 0 Å². The molecule has 2 N–H and O–H groups in total. The van der Waals surface area contributed by atoms with Crippen molar-refractivity contribution in [3.63, 3.8) is 0 Å². The van der Waals surface area contributed by atoms with E-state index >= 15 is 0 Å². The van der Waals surface area contributed by atoms with Gasteiger partial charge in [0.15, 0.2) is 0 Å². The Bertz CT molecular complexity index is 32.1. The molecule has 0 radical (unpaired) electrons. The molecule has 0 saturated carbocycles. The van der Waals surface area contributed by atoms with Crippen LogP contribution in [0.3, 0.4) is 0 Å². The van der Waals surface area contributed by atoms with E-state index in [-0.39, 0.29) is 41.0 Å². The van der Waals surface area contributed by atoms with E-state index in [9.17, 15) is 0 Å². The SMILES string of the molecule is OC[CH]([AlH2])CO.[MgH2]. The summed E-state index contributed by atoms with van der Waals surface area (Å²) in [5, 5.41) is 16.4. The molecule has 2 nitrogen and oxygen atoms in total. The van der Waals surface area contributed by atoms with E-state index in [1.165, 1.54) is 0 Å². The molecule has 0 aromatic carbocycles. The number of hydrogen-bond donors (Lipinski definition) is 2. The average molecular weight is 130 g/mol. The van der Waals surface area contributed by atoms with Crippen molar-refractivity contribution in [3.05, 3.63) is 0 Å². The van der Waals surface area contributed by atoms with Crippen molar-refractivity contribution in [2.24, 2.45) is 0 Å². The maximum atomic E-state index is 8.21. The van der Waals surface area contributed by atoms with Crippen LogP contribution in [0.1, 0.15) is 0 Å². The lowest BCUT2D eigenvalue weighted by Gasteiger charge is -1.97. The molecule has 0 aromatic heterocycles. The largest absolute Gasteiger partial charge is 0.397 e. The zero-order valence-electron chi connectivity index (χ0n) is 3.89. The van der Waals surface area contributed by atoms with Crippen LogP contribution >= 0.6 is 0 Å².